The van der Waals surface area contributed by atoms with Crippen molar-refractivity contribution in [2.45, 2.75) is 6.92 Å². The lowest BCUT2D eigenvalue weighted by Gasteiger charge is -2.07. The van der Waals surface area contributed by atoms with Gasteiger partial charge in [-0.3, -0.25) is 4.79 Å². The average molecular weight is 265 g/mol. The minimum Gasteiger partial charge on any atom is -0.322 e. The van der Waals surface area contributed by atoms with Gasteiger partial charge in [-0.05, 0) is 31.2 Å². The van der Waals surface area contributed by atoms with Crippen LogP contribution in [0.5, 0.6) is 0 Å². The van der Waals surface area contributed by atoms with Gasteiger partial charge in [0.1, 0.15) is 0 Å². The first kappa shape index (κ1) is 13.1. The molecule has 0 radical (unpaired) electrons. The Hall–Kier alpha value is -2.30. The Morgan fingerprint density at radius 1 is 0.947 bits per heavy atom. The molecule has 0 unspecified atom stereocenters. The molecular weight excluding hydrogens is 255 g/mol. The third-order valence-electron chi connectivity index (χ3n) is 2.59. The van der Waals surface area contributed by atoms with Crippen molar-refractivity contribution in [3.8, 4) is 0 Å². The van der Waals surface area contributed by atoms with Crippen molar-refractivity contribution >= 4 is 11.6 Å². The van der Waals surface area contributed by atoms with E-state index in [0.717, 1.165) is 11.6 Å². The van der Waals surface area contributed by atoms with E-state index in [4.69, 9.17) is 0 Å². The van der Waals surface area contributed by atoms with Crippen LogP contribution in [0, 0.1) is 24.4 Å². The second-order valence-corrected chi connectivity index (χ2v) is 4.04. The molecule has 98 valence electrons. The normalized spacial score (nSPS) is 10.3. The number of amides is 1. The van der Waals surface area contributed by atoms with Gasteiger partial charge in [0, 0.05) is 5.69 Å². The first-order chi connectivity index (χ1) is 8.99. The van der Waals surface area contributed by atoms with Crippen LogP contribution in [0.15, 0.2) is 36.4 Å². The van der Waals surface area contributed by atoms with E-state index in [1.54, 1.807) is 24.3 Å². The summed E-state index contributed by atoms with van der Waals surface area (Å²) in [6.45, 7) is 1.88. The summed E-state index contributed by atoms with van der Waals surface area (Å²) in [4.78, 5) is 11.7. The highest BCUT2D eigenvalue weighted by molar-refractivity contribution is 6.04. The molecule has 2 nitrogen and oxygen atoms in total. The van der Waals surface area contributed by atoms with Crippen molar-refractivity contribution < 1.29 is 18.0 Å². The summed E-state index contributed by atoms with van der Waals surface area (Å²) in [5.74, 6) is -5.31. The summed E-state index contributed by atoms with van der Waals surface area (Å²) in [5.41, 5.74) is 0.899. The van der Waals surface area contributed by atoms with E-state index in [0.29, 0.717) is 11.8 Å². The number of aryl methyl sites for hydroxylation is 1. The molecule has 2 rings (SSSR count). The van der Waals surface area contributed by atoms with Gasteiger partial charge < -0.3 is 5.32 Å². The Bertz CT molecular complexity index is 623. The van der Waals surface area contributed by atoms with Gasteiger partial charge in [-0.2, -0.15) is 0 Å². The number of nitrogens with one attached hydrogen (secondary N) is 1. The van der Waals surface area contributed by atoms with Crippen LogP contribution in [0.1, 0.15) is 15.9 Å². The van der Waals surface area contributed by atoms with Crippen molar-refractivity contribution in [2.75, 3.05) is 5.32 Å². The number of hydrogen-bond donors (Lipinski definition) is 1. The molecule has 0 heterocycles. The molecular formula is C14H10F3NO. The first-order valence-corrected chi connectivity index (χ1v) is 5.50. The van der Waals surface area contributed by atoms with Crippen LogP contribution >= 0.6 is 0 Å². The van der Waals surface area contributed by atoms with E-state index >= 15 is 0 Å². The predicted octanol–water partition coefficient (Wildman–Crippen LogP) is 3.66. The summed E-state index contributed by atoms with van der Waals surface area (Å²) >= 11 is 0. The summed E-state index contributed by atoms with van der Waals surface area (Å²) in [7, 11) is 0. The molecule has 0 aromatic heterocycles. The predicted molar refractivity (Wildman–Crippen MR) is 65.4 cm³/mol. The number of halogens is 3. The van der Waals surface area contributed by atoms with Crippen molar-refractivity contribution in [1.82, 2.24) is 0 Å². The number of anilines is 1. The molecule has 2 aromatic rings. The van der Waals surface area contributed by atoms with Crippen LogP contribution in [-0.2, 0) is 0 Å². The quantitative estimate of drug-likeness (QED) is 0.825. The zero-order valence-corrected chi connectivity index (χ0v) is 10.0. The van der Waals surface area contributed by atoms with Gasteiger partial charge >= 0.3 is 0 Å². The number of carbonyl (C=O) groups is 1. The molecule has 0 saturated carbocycles. The molecule has 0 spiro atoms. The fraction of sp³-hybridized carbons (Fsp3) is 0.0714. The van der Waals surface area contributed by atoms with Gasteiger partial charge in [-0.25, -0.2) is 13.2 Å². The summed E-state index contributed by atoms with van der Waals surface area (Å²) in [6, 6.07) is 8.39. The van der Waals surface area contributed by atoms with Crippen molar-refractivity contribution in [3.05, 3.63) is 65.0 Å². The van der Waals surface area contributed by atoms with Gasteiger partial charge in [0.05, 0.1) is 5.56 Å². The SMILES string of the molecule is Cc1ccc(NC(=O)c2ccc(F)c(F)c2F)cc1. The zero-order chi connectivity index (χ0) is 14.0. The van der Waals surface area contributed by atoms with Crippen LogP contribution in [0.2, 0.25) is 0 Å². The van der Waals surface area contributed by atoms with E-state index < -0.39 is 28.9 Å². The number of carbonyl (C=O) groups excluding carboxylic acids is 1. The summed E-state index contributed by atoms with van der Waals surface area (Å²) < 4.78 is 39.2. The Kier molecular flexibility index (Phi) is 3.55. The van der Waals surface area contributed by atoms with E-state index in [2.05, 4.69) is 5.32 Å². The van der Waals surface area contributed by atoms with Gasteiger partial charge in [-0.1, -0.05) is 17.7 Å². The third kappa shape index (κ3) is 2.76. The van der Waals surface area contributed by atoms with Crippen LogP contribution in [0.3, 0.4) is 0 Å². The second kappa shape index (κ2) is 5.14. The summed E-state index contributed by atoms with van der Waals surface area (Å²) in [6.07, 6.45) is 0. The maximum absolute atomic E-state index is 13.4. The molecule has 1 amide bonds. The van der Waals surface area contributed by atoms with Crippen LogP contribution in [0.25, 0.3) is 0 Å². The van der Waals surface area contributed by atoms with E-state index in [1.165, 1.54) is 0 Å². The smallest absolute Gasteiger partial charge is 0.258 e. The largest absolute Gasteiger partial charge is 0.322 e. The highest BCUT2D eigenvalue weighted by atomic mass is 19.2. The standard InChI is InChI=1S/C14H10F3NO/c1-8-2-4-9(5-3-8)18-14(19)10-6-7-11(15)13(17)12(10)16/h2-7H,1H3,(H,18,19). The molecule has 0 saturated heterocycles. The molecule has 0 aliphatic carbocycles. The van der Waals surface area contributed by atoms with E-state index in [-0.39, 0.29) is 0 Å². The minimum absolute atomic E-state index is 0.444. The highest BCUT2D eigenvalue weighted by Gasteiger charge is 2.18. The second-order valence-electron chi connectivity index (χ2n) is 4.04. The lowest BCUT2D eigenvalue weighted by atomic mass is 10.1. The van der Waals surface area contributed by atoms with Gasteiger partial charge in [0.2, 0.25) is 0 Å². The third-order valence-corrected chi connectivity index (χ3v) is 2.59. The Morgan fingerprint density at radius 3 is 2.21 bits per heavy atom. The Balaban J connectivity index is 2.25. The minimum atomic E-state index is -1.66. The van der Waals surface area contributed by atoms with Crippen LogP contribution in [-0.4, -0.2) is 5.91 Å². The fourth-order valence-electron chi connectivity index (χ4n) is 1.54. The van der Waals surface area contributed by atoms with Crippen LogP contribution < -0.4 is 5.32 Å². The summed E-state index contributed by atoms with van der Waals surface area (Å²) in [5, 5.41) is 2.40. The van der Waals surface area contributed by atoms with E-state index in [9.17, 15) is 18.0 Å². The Labute approximate surface area is 107 Å². The fourth-order valence-corrected chi connectivity index (χ4v) is 1.54. The molecule has 1 N–H and O–H groups in total. The number of hydrogen-bond acceptors (Lipinski definition) is 1. The van der Waals surface area contributed by atoms with Crippen LogP contribution in [0.4, 0.5) is 18.9 Å². The maximum Gasteiger partial charge on any atom is 0.258 e. The monoisotopic (exact) mass is 265 g/mol. The van der Waals surface area contributed by atoms with Crippen molar-refractivity contribution in [1.29, 1.82) is 0 Å². The number of rotatable bonds is 2. The van der Waals surface area contributed by atoms with Crippen molar-refractivity contribution in [2.24, 2.45) is 0 Å². The van der Waals surface area contributed by atoms with Gasteiger partial charge in [0.25, 0.3) is 5.91 Å². The molecule has 0 fully saturated rings. The molecule has 0 bridgehead atoms. The number of benzene rings is 2. The maximum atomic E-state index is 13.4. The highest BCUT2D eigenvalue weighted by Crippen LogP contribution is 2.17. The Morgan fingerprint density at radius 2 is 1.58 bits per heavy atom. The topological polar surface area (TPSA) is 29.1 Å². The molecule has 0 aliphatic heterocycles. The zero-order valence-electron chi connectivity index (χ0n) is 10.0. The lowest BCUT2D eigenvalue weighted by molar-refractivity contribution is 0.102. The molecule has 0 aliphatic rings. The first-order valence-electron chi connectivity index (χ1n) is 5.50. The van der Waals surface area contributed by atoms with Gasteiger partial charge in [0.15, 0.2) is 17.5 Å². The van der Waals surface area contributed by atoms with Crippen molar-refractivity contribution in [3.63, 3.8) is 0 Å². The van der Waals surface area contributed by atoms with E-state index in [1.807, 2.05) is 6.92 Å². The molecule has 5 heteroatoms. The average Bonchev–Trinajstić information content (AvgIpc) is 2.39. The molecule has 0 atom stereocenters. The molecule has 19 heavy (non-hydrogen) atoms. The lowest BCUT2D eigenvalue weighted by Crippen LogP contribution is -2.15. The molecule has 2 aromatic carbocycles. The van der Waals surface area contributed by atoms with Gasteiger partial charge in [-0.15, -0.1) is 0 Å².